The Bertz CT molecular complexity index is 283. The summed E-state index contributed by atoms with van der Waals surface area (Å²) >= 11 is 0. The first-order valence-electron chi connectivity index (χ1n) is 11.1. The fourth-order valence-electron chi connectivity index (χ4n) is 3.61. The van der Waals surface area contributed by atoms with Gasteiger partial charge in [-0.05, 0) is 33.4 Å². The van der Waals surface area contributed by atoms with Crippen LogP contribution < -0.4 is 0 Å². The molecular formula is C22H45NO2. The van der Waals surface area contributed by atoms with E-state index in [1.54, 1.807) is 0 Å². The molecule has 0 bridgehead atoms. The van der Waals surface area contributed by atoms with Crippen LogP contribution in [0.15, 0.2) is 0 Å². The molecule has 0 spiro atoms. The lowest BCUT2D eigenvalue weighted by molar-refractivity contribution is -0.0198. The topological polar surface area (TPSA) is 21.7 Å². The number of hydrogen-bond donors (Lipinski definition) is 0. The van der Waals surface area contributed by atoms with E-state index in [0.29, 0.717) is 12.2 Å². The maximum absolute atomic E-state index is 6.12. The highest BCUT2D eigenvalue weighted by Gasteiger charge is 2.24. The summed E-state index contributed by atoms with van der Waals surface area (Å²) in [7, 11) is 4.16. The Labute approximate surface area is 157 Å². The molecule has 1 saturated heterocycles. The smallest absolute Gasteiger partial charge is 0.0813 e. The Hall–Kier alpha value is -0.120. The highest BCUT2D eigenvalue weighted by molar-refractivity contribution is 4.73. The second-order valence-electron chi connectivity index (χ2n) is 8.16. The molecule has 2 unspecified atom stereocenters. The normalized spacial score (nSPS) is 20.6. The molecule has 3 nitrogen and oxygen atoms in total. The van der Waals surface area contributed by atoms with Crippen molar-refractivity contribution in [3.63, 3.8) is 0 Å². The van der Waals surface area contributed by atoms with Crippen LogP contribution in [-0.2, 0) is 9.47 Å². The monoisotopic (exact) mass is 355 g/mol. The Morgan fingerprint density at radius 1 is 0.800 bits per heavy atom. The third kappa shape index (κ3) is 13.7. The van der Waals surface area contributed by atoms with E-state index in [9.17, 15) is 0 Å². The molecule has 1 aliphatic rings. The first-order chi connectivity index (χ1) is 12.2. The standard InChI is InChI=1S/C22H45NO2/c1-4-5-6-7-8-9-10-11-12-13-14-15-21-16-17-22(25-21)20-24-19-18-23(2)3/h21-22H,4-20H2,1-3H3. The molecule has 1 fully saturated rings. The minimum absolute atomic E-state index is 0.347. The molecule has 0 aromatic heterocycles. The summed E-state index contributed by atoms with van der Waals surface area (Å²) in [4.78, 5) is 2.16. The van der Waals surface area contributed by atoms with Gasteiger partial charge in [0.1, 0.15) is 0 Å². The first-order valence-corrected chi connectivity index (χ1v) is 11.1. The zero-order valence-electron chi connectivity index (χ0n) is 17.4. The van der Waals surface area contributed by atoms with Crippen molar-refractivity contribution in [3.8, 4) is 0 Å². The summed E-state index contributed by atoms with van der Waals surface area (Å²) < 4.78 is 11.8. The Balaban J connectivity index is 1.82. The number of likely N-dealkylation sites (N-methyl/N-ethyl adjacent to an activating group) is 1. The largest absolute Gasteiger partial charge is 0.377 e. The number of hydrogen-bond acceptors (Lipinski definition) is 3. The molecule has 0 radical (unpaired) electrons. The van der Waals surface area contributed by atoms with Crippen molar-refractivity contribution in [1.82, 2.24) is 4.90 Å². The van der Waals surface area contributed by atoms with Crippen molar-refractivity contribution in [2.75, 3.05) is 33.9 Å². The molecule has 0 N–H and O–H groups in total. The average Bonchev–Trinajstić information content (AvgIpc) is 3.04. The summed E-state index contributed by atoms with van der Waals surface area (Å²) in [6, 6.07) is 0. The van der Waals surface area contributed by atoms with Gasteiger partial charge in [-0.3, -0.25) is 0 Å². The molecule has 3 heteroatoms. The van der Waals surface area contributed by atoms with Crippen LogP contribution in [0.25, 0.3) is 0 Å². The van der Waals surface area contributed by atoms with Crippen LogP contribution in [0, 0.1) is 0 Å². The lowest BCUT2D eigenvalue weighted by Crippen LogP contribution is -2.22. The number of nitrogens with zero attached hydrogens (tertiary/aromatic N) is 1. The van der Waals surface area contributed by atoms with Gasteiger partial charge in [-0.15, -0.1) is 0 Å². The van der Waals surface area contributed by atoms with E-state index in [-0.39, 0.29) is 0 Å². The summed E-state index contributed by atoms with van der Waals surface area (Å²) in [6.07, 6.45) is 20.1. The molecule has 1 aliphatic heterocycles. The quantitative estimate of drug-likeness (QED) is 0.307. The summed E-state index contributed by atoms with van der Waals surface area (Å²) in [5, 5.41) is 0. The fraction of sp³-hybridized carbons (Fsp3) is 1.00. The molecule has 1 heterocycles. The summed E-state index contributed by atoms with van der Waals surface area (Å²) in [5.41, 5.74) is 0. The van der Waals surface area contributed by atoms with Crippen molar-refractivity contribution in [2.24, 2.45) is 0 Å². The predicted molar refractivity (Wildman–Crippen MR) is 108 cm³/mol. The Morgan fingerprint density at radius 3 is 1.96 bits per heavy atom. The van der Waals surface area contributed by atoms with E-state index in [1.807, 2.05) is 0 Å². The highest BCUT2D eigenvalue weighted by atomic mass is 16.5. The van der Waals surface area contributed by atoms with Crippen LogP contribution in [-0.4, -0.2) is 51.0 Å². The SMILES string of the molecule is CCCCCCCCCCCCCC1CCC(COCCN(C)C)O1. The Morgan fingerprint density at radius 2 is 1.36 bits per heavy atom. The van der Waals surface area contributed by atoms with Crippen LogP contribution in [0.2, 0.25) is 0 Å². The molecule has 0 aromatic carbocycles. The maximum Gasteiger partial charge on any atom is 0.0813 e. The van der Waals surface area contributed by atoms with E-state index in [2.05, 4.69) is 25.9 Å². The second-order valence-corrected chi connectivity index (χ2v) is 8.16. The highest BCUT2D eigenvalue weighted by Crippen LogP contribution is 2.24. The van der Waals surface area contributed by atoms with Crippen molar-refractivity contribution in [1.29, 1.82) is 0 Å². The van der Waals surface area contributed by atoms with Crippen LogP contribution in [0.5, 0.6) is 0 Å². The van der Waals surface area contributed by atoms with E-state index >= 15 is 0 Å². The summed E-state index contributed by atoms with van der Waals surface area (Å²) in [5.74, 6) is 0. The van der Waals surface area contributed by atoms with E-state index < -0.39 is 0 Å². The molecule has 1 rings (SSSR count). The molecule has 0 amide bonds. The molecule has 25 heavy (non-hydrogen) atoms. The maximum atomic E-state index is 6.12. The number of unbranched alkanes of at least 4 members (excludes halogenated alkanes) is 10. The van der Waals surface area contributed by atoms with Gasteiger partial charge in [0, 0.05) is 6.54 Å². The van der Waals surface area contributed by atoms with E-state index in [4.69, 9.17) is 9.47 Å². The molecule has 0 aliphatic carbocycles. The van der Waals surface area contributed by atoms with Gasteiger partial charge in [-0.1, -0.05) is 77.6 Å². The molecular weight excluding hydrogens is 310 g/mol. The number of rotatable bonds is 17. The lowest BCUT2D eigenvalue weighted by Gasteiger charge is -2.15. The van der Waals surface area contributed by atoms with Gasteiger partial charge in [-0.2, -0.15) is 0 Å². The van der Waals surface area contributed by atoms with Gasteiger partial charge in [0.25, 0.3) is 0 Å². The average molecular weight is 356 g/mol. The molecule has 0 aromatic rings. The molecule has 0 saturated carbocycles. The van der Waals surface area contributed by atoms with Crippen molar-refractivity contribution < 1.29 is 9.47 Å². The lowest BCUT2D eigenvalue weighted by atomic mass is 10.0. The minimum Gasteiger partial charge on any atom is -0.377 e. The van der Waals surface area contributed by atoms with Crippen LogP contribution in [0.1, 0.15) is 96.8 Å². The summed E-state index contributed by atoms with van der Waals surface area (Å²) in [6.45, 7) is 4.88. The first kappa shape index (κ1) is 22.9. The Kier molecular flexibility index (Phi) is 14.7. The zero-order valence-corrected chi connectivity index (χ0v) is 17.4. The van der Waals surface area contributed by atoms with Gasteiger partial charge in [0.2, 0.25) is 0 Å². The van der Waals surface area contributed by atoms with E-state index in [0.717, 1.165) is 19.8 Å². The van der Waals surface area contributed by atoms with Crippen molar-refractivity contribution >= 4 is 0 Å². The van der Waals surface area contributed by atoms with Gasteiger partial charge in [0.05, 0.1) is 25.4 Å². The third-order valence-electron chi connectivity index (χ3n) is 5.31. The zero-order chi connectivity index (χ0) is 18.2. The van der Waals surface area contributed by atoms with Gasteiger partial charge < -0.3 is 14.4 Å². The van der Waals surface area contributed by atoms with Crippen molar-refractivity contribution in [2.45, 2.75) is 109 Å². The molecule has 2 atom stereocenters. The van der Waals surface area contributed by atoms with Gasteiger partial charge in [0.15, 0.2) is 0 Å². The minimum atomic E-state index is 0.347. The van der Waals surface area contributed by atoms with Gasteiger partial charge in [-0.25, -0.2) is 0 Å². The van der Waals surface area contributed by atoms with Crippen LogP contribution >= 0.6 is 0 Å². The van der Waals surface area contributed by atoms with Crippen LogP contribution in [0.4, 0.5) is 0 Å². The number of ether oxygens (including phenoxy) is 2. The predicted octanol–water partition coefficient (Wildman–Crippen LogP) is 5.81. The second kappa shape index (κ2) is 16.1. The molecule has 150 valence electrons. The van der Waals surface area contributed by atoms with Crippen molar-refractivity contribution in [3.05, 3.63) is 0 Å². The third-order valence-corrected chi connectivity index (χ3v) is 5.31. The van der Waals surface area contributed by atoms with Crippen LogP contribution in [0.3, 0.4) is 0 Å². The van der Waals surface area contributed by atoms with E-state index in [1.165, 1.54) is 89.9 Å². The van der Waals surface area contributed by atoms with Gasteiger partial charge >= 0.3 is 0 Å². The fourth-order valence-corrected chi connectivity index (χ4v) is 3.61.